The standard InChI is InChI=1S/C4H7N3O2/c1-2-3(8)5-4(9)7-6-2/h6,8H,1H3,(H2,5,7,9). The Morgan fingerprint density at radius 3 is 2.56 bits per heavy atom. The van der Waals surface area contributed by atoms with Gasteiger partial charge in [0.1, 0.15) is 0 Å². The third kappa shape index (κ3) is 1.04. The summed E-state index contributed by atoms with van der Waals surface area (Å²) in [6, 6.07) is -0.460. The normalized spacial score (nSPS) is 18.1. The number of allylic oxidation sites excluding steroid dienone is 1. The van der Waals surface area contributed by atoms with Gasteiger partial charge in [0.2, 0.25) is 5.88 Å². The molecule has 0 radical (unpaired) electrons. The van der Waals surface area contributed by atoms with Crippen molar-refractivity contribution in [3.63, 3.8) is 0 Å². The van der Waals surface area contributed by atoms with Crippen LogP contribution in [-0.4, -0.2) is 11.1 Å². The molecule has 5 nitrogen and oxygen atoms in total. The number of carbonyl (C=O) groups is 1. The molecule has 4 N–H and O–H groups in total. The fourth-order valence-electron chi connectivity index (χ4n) is 0.442. The Balaban J connectivity index is 2.72. The molecule has 0 fully saturated rings. The van der Waals surface area contributed by atoms with Crippen LogP contribution in [-0.2, 0) is 0 Å². The maximum atomic E-state index is 10.3. The summed E-state index contributed by atoms with van der Waals surface area (Å²) in [5.41, 5.74) is 5.19. The van der Waals surface area contributed by atoms with Crippen molar-refractivity contribution in [2.24, 2.45) is 0 Å². The van der Waals surface area contributed by atoms with Gasteiger partial charge in [0.25, 0.3) is 0 Å². The SMILES string of the molecule is CC1=C(O)NC(=O)NN1. The molecule has 0 aromatic carbocycles. The Kier molecular flexibility index (Phi) is 1.18. The number of hydrogen-bond acceptors (Lipinski definition) is 3. The first-order valence-electron chi connectivity index (χ1n) is 2.43. The number of rotatable bonds is 0. The van der Waals surface area contributed by atoms with Gasteiger partial charge >= 0.3 is 6.03 Å². The van der Waals surface area contributed by atoms with Crippen molar-refractivity contribution in [3.05, 3.63) is 11.6 Å². The van der Waals surface area contributed by atoms with E-state index in [-0.39, 0.29) is 5.88 Å². The fourth-order valence-corrected chi connectivity index (χ4v) is 0.442. The van der Waals surface area contributed by atoms with Crippen molar-refractivity contribution in [2.75, 3.05) is 0 Å². The predicted molar refractivity (Wildman–Crippen MR) is 30.1 cm³/mol. The maximum Gasteiger partial charge on any atom is 0.340 e. The van der Waals surface area contributed by atoms with Crippen LogP contribution >= 0.6 is 0 Å². The number of amides is 2. The van der Waals surface area contributed by atoms with Gasteiger partial charge in [0.15, 0.2) is 0 Å². The molecule has 50 valence electrons. The van der Waals surface area contributed by atoms with Crippen LogP contribution in [0, 0.1) is 0 Å². The summed E-state index contributed by atoms with van der Waals surface area (Å²) < 4.78 is 0. The smallest absolute Gasteiger partial charge is 0.340 e. The van der Waals surface area contributed by atoms with Crippen LogP contribution in [0.1, 0.15) is 6.92 Å². The monoisotopic (exact) mass is 129 g/mol. The number of aliphatic hydroxyl groups excluding tert-OH is 1. The zero-order chi connectivity index (χ0) is 6.85. The van der Waals surface area contributed by atoms with Crippen LogP contribution in [0.3, 0.4) is 0 Å². The van der Waals surface area contributed by atoms with Crippen LogP contribution < -0.4 is 16.2 Å². The highest BCUT2D eigenvalue weighted by Gasteiger charge is 2.10. The number of hydrazine groups is 1. The lowest BCUT2D eigenvalue weighted by Gasteiger charge is -2.16. The van der Waals surface area contributed by atoms with Gasteiger partial charge in [-0.05, 0) is 6.92 Å². The molecule has 1 heterocycles. The highest BCUT2D eigenvalue weighted by atomic mass is 16.3. The minimum Gasteiger partial charge on any atom is -0.493 e. The molecule has 0 saturated heterocycles. The second-order valence-corrected chi connectivity index (χ2v) is 1.68. The molecule has 0 unspecified atom stereocenters. The van der Waals surface area contributed by atoms with Crippen molar-refractivity contribution in [1.29, 1.82) is 0 Å². The van der Waals surface area contributed by atoms with E-state index in [2.05, 4.69) is 16.2 Å². The van der Waals surface area contributed by atoms with E-state index in [0.29, 0.717) is 5.70 Å². The lowest BCUT2D eigenvalue weighted by molar-refractivity contribution is 0.226. The van der Waals surface area contributed by atoms with Gasteiger partial charge in [0, 0.05) is 0 Å². The second-order valence-electron chi connectivity index (χ2n) is 1.68. The zero-order valence-corrected chi connectivity index (χ0v) is 4.86. The van der Waals surface area contributed by atoms with Crippen LogP contribution in [0.2, 0.25) is 0 Å². The van der Waals surface area contributed by atoms with Crippen molar-refractivity contribution >= 4 is 6.03 Å². The van der Waals surface area contributed by atoms with Crippen molar-refractivity contribution < 1.29 is 9.90 Å². The van der Waals surface area contributed by atoms with Gasteiger partial charge in [-0.3, -0.25) is 16.2 Å². The molecule has 0 spiro atoms. The number of aliphatic hydroxyl groups is 1. The fraction of sp³-hybridized carbons (Fsp3) is 0.250. The molecular weight excluding hydrogens is 122 g/mol. The first-order valence-corrected chi connectivity index (χ1v) is 2.43. The highest BCUT2D eigenvalue weighted by molar-refractivity contribution is 5.76. The zero-order valence-electron chi connectivity index (χ0n) is 4.86. The van der Waals surface area contributed by atoms with Crippen molar-refractivity contribution in [1.82, 2.24) is 16.2 Å². The molecule has 0 bridgehead atoms. The van der Waals surface area contributed by atoms with Crippen LogP contribution in [0.15, 0.2) is 11.6 Å². The Bertz CT molecular complexity index is 175. The van der Waals surface area contributed by atoms with Crippen LogP contribution in [0.4, 0.5) is 4.79 Å². The van der Waals surface area contributed by atoms with Crippen LogP contribution in [0.5, 0.6) is 0 Å². The molecule has 5 heteroatoms. The summed E-state index contributed by atoms with van der Waals surface area (Å²) in [4.78, 5) is 10.3. The van der Waals surface area contributed by atoms with Crippen LogP contribution in [0.25, 0.3) is 0 Å². The van der Waals surface area contributed by atoms with E-state index < -0.39 is 6.03 Å². The van der Waals surface area contributed by atoms with Gasteiger partial charge < -0.3 is 5.11 Å². The number of urea groups is 1. The first kappa shape index (κ1) is 5.74. The molecule has 0 atom stereocenters. The summed E-state index contributed by atoms with van der Waals surface area (Å²) in [5, 5.41) is 10.9. The quantitative estimate of drug-likeness (QED) is 0.358. The molecule has 0 saturated carbocycles. The highest BCUT2D eigenvalue weighted by Crippen LogP contribution is 1.93. The minimum absolute atomic E-state index is 0.140. The Morgan fingerprint density at radius 2 is 2.11 bits per heavy atom. The van der Waals surface area contributed by atoms with Crippen molar-refractivity contribution in [3.8, 4) is 0 Å². The number of carbonyl (C=O) groups excluding carboxylic acids is 1. The van der Waals surface area contributed by atoms with Crippen molar-refractivity contribution in [2.45, 2.75) is 6.92 Å². The van der Waals surface area contributed by atoms with E-state index in [9.17, 15) is 4.79 Å². The molecule has 9 heavy (non-hydrogen) atoms. The topological polar surface area (TPSA) is 73.4 Å². The Morgan fingerprint density at radius 1 is 1.44 bits per heavy atom. The van der Waals surface area contributed by atoms with E-state index >= 15 is 0 Å². The minimum atomic E-state index is -0.460. The molecule has 0 aromatic rings. The van der Waals surface area contributed by atoms with Gasteiger partial charge in [-0.15, -0.1) is 0 Å². The molecule has 1 aliphatic heterocycles. The molecule has 2 amide bonds. The number of hydrogen-bond donors (Lipinski definition) is 4. The maximum absolute atomic E-state index is 10.3. The van der Waals surface area contributed by atoms with E-state index in [4.69, 9.17) is 5.11 Å². The molecular formula is C4H7N3O2. The van der Waals surface area contributed by atoms with Gasteiger partial charge in [0.05, 0.1) is 5.70 Å². The molecule has 0 aliphatic carbocycles. The van der Waals surface area contributed by atoms with E-state index in [0.717, 1.165) is 0 Å². The van der Waals surface area contributed by atoms with Gasteiger partial charge in [-0.2, -0.15) is 0 Å². The summed E-state index contributed by atoms with van der Waals surface area (Å²) >= 11 is 0. The van der Waals surface area contributed by atoms with Gasteiger partial charge in [-0.25, -0.2) is 4.79 Å². The third-order valence-electron chi connectivity index (χ3n) is 0.951. The summed E-state index contributed by atoms with van der Waals surface area (Å²) in [5.74, 6) is -0.140. The van der Waals surface area contributed by atoms with Gasteiger partial charge in [-0.1, -0.05) is 0 Å². The van der Waals surface area contributed by atoms with E-state index in [1.54, 1.807) is 6.92 Å². The third-order valence-corrected chi connectivity index (χ3v) is 0.951. The average molecular weight is 129 g/mol. The largest absolute Gasteiger partial charge is 0.493 e. The average Bonchev–Trinajstić information content (AvgIpc) is 1.80. The number of nitrogens with one attached hydrogen (secondary N) is 3. The second kappa shape index (κ2) is 1.85. The van der Waals surface area contributed by atoms with E-state index in [1.165, 1.54) is 0 Å². The summed E-state index contributed by atoms with van der Waals surface area (Å²) in [6.45, 7) is 1.63. The molecule has 0 aromatic heterocycles. The lowest BCUT2D eigenvalue weighted by Crippen LogP contribution is -2.48. The summed E-state index contributed by atoms with van der Waals surface area (Å²) in [7, 11) is 0. The predicted octanol–water partition coefficient (Wildman–Crippen LogP) is -0.449. The van der Waals surface area contributed by atoms with E-state index in [1.807, 2.05) is 0 Å². The lowest BCUT2D eigenvalue weighted by atomic mass is 10.5. The Labute approximate surface area is 51.7 Å². The molecule has 1 aliphatic rings. The Hall–Kier alpha value is -1.39. The first-order chi connectivity index (χ1) is 4.20. The molecule has 1 rings (SSSR count). The summed E-state index contributed by atoms with van der Waals surface area (Å²) in [6.07, 6.45) is 0.